The molecular formula is C15H18ClN9O6. The number of nitrogens with one attached hydrogen (secondary N) is 1. The number of aromatic nitrogens is 8. The minimum absolute atomic E-state index is 0.0302. The van der Waals surface area contributed by atoms with Crippen molar-refractivity contribution >= 4 is 34.6 Å². The fourth-order valence-electron chi connectivity index (χ4n) is 3.38. The highest BCUT2D eigenvalue weighted by Gasteiger charge is 2.49. The van der Waals surface area contributed by atoms with Crippen LogP contribution in [0.15, 0.2) is 6.33 Å². The van der Waals surface area contributed by atoms with E-state index in [0.717, 1.165) is 0 Å². The van der Waals surface area contributed by atoms with Crippen molar-refractivity contribution in [3.63, 3.8) is 0 Å². The molecule has 0 amide bonds. The number of aliphatic carboxylic acids is 1. The highest BCUT2D eigenvalue weighted by Crippen LogP contribution is 2.34. The quantitative estimate of drug-likeness (QED) is 0.259. The summed E-state index contributed by atoms with van der Waals surface area (Å²) >= 11 is 5.86. The molecule has 16 heteroatoms. The minimum atomic E-state index is -1.92. The summed E-state index contributed by atoms with van der Waals surface area (Å²) in [4.78, 5) is 23.9. The SMILES string of the molecule is CCC(OC[C@H]1O[C@@H](n2cnc3c(N)nc(Cl)nc32)[C@H](O)[C@@H]1O)(C(=O)O)c1nn[nH]n1. The van der Waals surface area contributed by atoms with Crippen molar-refractivity contribution in [3.05, 3.63) is 17.4 Å². The number of carbonyl (C=O) groups is 1. The van der Waals surface area contributed by atoms with Crippen molar-refractivity contribution in [1.29, 1.82) is 0 Å². The zero-order valence-corrected chi connectivity index (χ0v) is 16.7. The first-order valence-electron chi connectivity index (χ1n) is 9.07. The Bertz CT molecular complexity index is 1090. The zero-order valence-electron chi connectivity index (χ0n) is 16.0. The third kappa shape index (κ3) is 3.45. The summed E-state index contributed by atoms with van der Waals surface area (Å²) in [6.07, 6.45) is -3.76. The summed E-state index contributed by atoms with van der Waals surface area (Å²) in [6, 6.07) is 0. The van der Waals surface area contributed by atoms with Gasteiger partial charge in [-0.05, 0) is 18.0 Å². The number of hydrogen-bond donors (Lipinski definition) is 5. The molecule has 1 fully saturated rings. The van der Waals surface area contributed by atoms with Gasteiger partial charge in [0.15, 0.2) is 17.7 Å². The number of H-pyrrole nitrogens is 1. The largest absolute Gasteiger partial charge is 0.479 e. The third-order valence-corrected chi connectivity index (χ3v) is 5.25. The fraction of sp³-hybridized carbons (Fsp3) is 0.533. The molecule has 1 aliphatic heterocycles. The van der Waals surface area contributed by atoms with Crippen LogP contribution in [-0.2, 0) is 19.9 Å². The Hall–Kier alpha value is -2.98. The van der Waals surface area contributed by atoms with Crippen molar-refractivity contribution in [2.45, 2.75) is 43.5 Å². The van der Waals surface area contributed by atoms with E-state index in [9.17, 15) is 20.1 Å². The lowest BCUT2D eigenvalue weighted by Gasteiger charge is -2.27. The first-order chi connectivity index (χ1) is 14.8. The second kappa shape index (κ2) is 7.93. The summed E-state index contributed by atoms with van der Waals surface area (Å²) < 4.78 is 12.7. The first-order valence-corrected chi connectivity index (χ1v) is 9.44. The van der Waals surface area contributed by atoms with Gasteiger partial charge in [-0.3, -0.25) is 4.57 Å². The monoisotopic (exact) mass is 455 g/mol. The molecule has 15 nitrogen and oxygen atoms in total. The molecule has 0 aliphatic carbocycles. The number of tetrazole rings is 1. The van der Waals surface area contributed by atoms with Crippen LogP contribution in [0, 0.1) is 0 Å². The zero-order chi connectivity index (χ0) is 22.3. The van der Waals surface area contributed by atoms with E-state index in [2.05, 4.69) is 35.6 Å². The summed E-state index contributed by atoms with van der Waals surface area (Å²) in [5.41, 5.74) is 4.29. The number of carboxylic acids is 1. The van der Waals surface area contributed by atoms with Gasteiger partial charge in [-0.15, -0.1) is 10.2 Å². The predicted molar refractivity (Wildman–Crippen MR) is 100 cm³/mol. The average molecular weight is 456 g/mol. The van der Waals surface area contributed by atoms with Gasteiger partial charge >= 0.3 is 5.97 Å². The second-order valence-electron chi connectivity index (χ2n) is 6.78. The maximum absolute atomic E-state index is 11.9. The third-order valence-electron chi connectivity index (χ3n) is 5.08. The smallest absolute Gasteiger partial charge is 0.344 e. The normalized spacial score (nSPS) is 25.7. The molecule has 6 N–H and O–H groups in total. The van der Waals surface area contributed by atoms with E-state index in [1.165, 1.54) is 10.9 Å². The van der Waals surface area contributed by atoms with Crippen LogP contribution in [0.3, 0.4) is 0 Å². The average Bonchev–Trinajstić information content (AvgIpc) is 3.45. The highest BCUT2D eigenvalue weighted by atomic mass is 35.5. The molecule has 0 bridgehead atoms. The van der Waals surface area contributed by atoms with Crippen LogP contribution >= 0.6 is 11.6 Å². The molecule has 166 valence electrons. The van der Waals surface area contributed by atoms with Crippen LogP contribution in [-0.4, -0.2) is 86.4 Å². The van der Waals surface area contributed by atoms with Gasteiger partial charge < -0.3 is 30.5 Å². The maximum Gasteiger partial charge on any atom is 0.344 e. The van der Waals surface area contributed by atoms with Crippen LogP contribution in [0.1, 0.15) is 25.4 Å². The lowest BCUT2D eigenvalue weighted by atomic mass is 9.99. The number of imidazole rings is 1. The first kappa shape index (κ1) is 21.3. The van der Waals surface area contributed by atoms with Crippen LogP contribution in [0.2, 0.25) is 5.28 Å². The van der Waals surface area contributed by atoms with Gasteiger partial charge in [0.05, 0.1) is 12.9 Å². The number of nitrogens with zero attached hydrogens (tertiary/aromatic N) is 7. The number of nitrogen functional groups attached to an aromatic ring is 1. The van der Waals surface area contributed by atoms with Gasteiger partial charge in [0.2, 0.25) is 16.7 Å². The molecule has 1 saturated heterocycles. The van der Waals surface area contributed by atoms with Gasteiger partial charge in [-0.1, -0.05) is 12.1 Å². The van der Waals surface area contributed by atoms with Gasteiger partial charge in [-0.2, -0.15) is 15.2 Å². The molecule has 0 radical (unpaired) electrons. The summed E-state index contributed by atoms with van der Waals surface area (Å²) in [5, 5.41) is 43.6. The van der Waals surface area contributed by atoms with Crippen molar-refractivity contribution in [2.24, 2.45) is 0 Å². The Morgan fingerprint density at radius 3 is 2.84 bits per heavy atom. The molecule has 3 aromatic heterocycles. The van der Waals surface area contributed by atoms with Crippen molar-refractivity contribution in [1.82, 2.24) is 40.1 Å². The van der Waals surface area contributed by atoms with E-state index in [-0.39, 0.29) is 34.5 Å². The number of fused-ring (bicyclic) bond motifs is 1. The molecule has 4 rings (SSSR count). The number of aliphatic hydroxyl groups is 2. The lowest BCUT2D eigenvalue weighted by Crippen LogP contribution is -2.43. The van der Waals surface area contributed by atoms with E-state index >= 15 is 0 Å². The van der Waals surface area contributed by atoms with Crippen molar-refractivity contribution < 1.29 is 29.6 Å². The number of aromatic amines is 1. The Kier molecular flexibility index (Phi) is 5.44. The number of carboxylic acid groups (broad SMARTS) is 1. The Morgan fingerprint density at radius 1 is 1.42 bits per heavy atom. The van der Waals surface area contributed by atoms with Crippen molar-refractivity contribution in [2.75, 3.05) is 12.3 Å². The van der Waals surface area contributed by atoms with Gasteiger partial charge in [-0.25, -0.2) is 9.78 Å². The second-order valence-corrected chi connectivity index (χ2v) is 7.12. The standard InChI is InChI=1S/C15H18ClN9O6/c1-2-15(13(28)29,12-21-23-24-22-12)30-3-5-7(26)8(27)11(31-5)25-4-18-6-9(17)19-14(16)20-10(6)25/h4-5,7-8,11,26-27H,2-3H2,1H3,(H,28,29)(H2,17,19,20)(H,21,22,23,24)/t5-,7-,8-,11-,15?/m1/s1. The van der Waals surface area contributed by atoms with Gasteiger partial charge in [0.1, 0.15) is 23.8 Å². The maximum atomic E-state index is 11.9. The number of hydrogen-bond acceptors (Lipinski definition) is 12. The Balaban J connectivity index is 1.58. The van der Waals surface area contributed by atoms with Crippen LogP contribution in [0.5, 0.6) is 0 Å². The lowest BCUT2D eigenvalue weighted by molar-refractivity contribution is -0.178. The number of nitrogens with two attached hydrogens (primary N) is 1. The van der Waals surface area contributed by atoms with E-state index < -0.39 is 42.7 Å². The molecule has 1 aliphatic rings. The van der Waals surface area contributed by atoms with Crippen LogP contribution in [0.25, 0.3) is 11.2 Å². The van der Waals surface area contributed by atoms with Gasteiger partial charge in [0, 0.05) is 0 Å². The molecule has 31 heavy (non-hydrogen) atoms. The number of ether oxygens (including phenoxy) is 2. The Morgan fingerprint density at radius 2 is 2.19 bits per heavy atom. The molecule has 5 atom stereocenters. The van der Waals surface area contributed by atoms with Crippen LogP contribution in [0.4, 0.5) is 5.82 Å². The summed E-state index contributed by atoms with van der Waals surface area (Å²) in [5.74, 6) is -1.49. The number of anilines is 1. The summed E-state index contributed by atoms with van der Waals surface area (Å²) in [7, 11) is 0. The van der Waals surface area contributed by atoms with Gasteiger partial charge in [0.25, 0.3) is 0 Å². The molecule has 1 unspecified atom stereocenters. The minimum Gasteiger partial charge on any atom is -0.479 e. The summed E-state index contributed by atoms with van der Waals surface area (Å²) in [6.45, 7) is 1.17. The van der Waals surface area contributed by atoms with E-state index in [0.29, 0.717) is 0 Å². The van der Waals surface area contributed by atoms with E-state index in [4.69, 9.17) is 26.8 Å². The molecule has 0 spiro atoms. The van der Waals surface area contributed by atoms with Crippen LogP contribution < -0.4 is 5.73 Å². The Labute approximate surface area is 178 Å². The van der Waals surface area contributed by atoms with E-state index in [1.807, 2.05) is 0 Å². The molecule has 0 saturated carbocycles. The fourth-order valence-corrected chi connectivity index (χ4v) is 3.56. The predicted octanol–water partition coefficient (Wildman–Crippen LogP) is -1.40. The highest BCUT2D eigenvalue weighted by molar-refractivity contribution is 6.28. The van der Waals surface area contributed by atoms with E-state index in [1.54, 1.807) is 6.92 Å². The topological polar surface area (TPSA) is 220 Å². The molecule has 4 heterocycles. The number of aliphatic hydroxyl groups excluding tert-OH is 2. The molecule has 3 aromatic rings. The number of halogens is 1. The number of rotatable bonds is 7. The molecular weight excluding hydrogens is 438 g/mol. The molecule has 0 aromatic carbocycles. The van der Waals surface area contributed by atoms with Crippen molar-refractivity contribution in [3.8, 4) is 0 Å².